The van der Waals surface area contributed by atoms with Crippen LogP contribution in [0.3, 0.4) is 0 Å². The van der Waals surface area contributed by atoms with E-state index < -0.39 is 10.0 Å². The molecule has 0 unspecified atom stereocenters. The molecule has 1 aliphatic rings. The van der Waals surface area contributed by atoms with Gasteiger partial charge in [0.25, 0.3) is 10.0 Å². The van der Waals surface area contributed by atoms with Crippen molar-refractivity contribution in [2.24, 2.45) is 0 Å². The summed E-state index contributed by atoms with van der Waals surface area (Å²) in [7, 11) is -1.67. The van der Waals surface area contributed by atoms with Crippen LogP contribution in [0, 0.1) is 6.92 Å². The van der Waals surface area contributed by atoms with Gasteiger partial charge in [-0.05, 0) is 56.3 Å². The van der Waals surface area contributed by atoms with E-state index >= 15 is 0 Å². The van der Waals surface area contributed by atoms with E-state index in [1.807, 2.05) is 7.05 Å². The molecule has 1 N–H and O–H groups in total. The molecule has 0 amide bonds. The summed E-state index contributed by atoms with van der Waals surface area (Å²) in [4.78, 5) is 2.41. The van der Waals surface area contributed by atoms with Gasteiger partial charge in [-0.15, -0.1) is 0 Å². The van der Waals surface area contributed by atoms with Gasteiger partial charge >= 0.3 is 0 Å². The minimum atomic E-state index is -3.70. The molecule has 2 aromatic carbocycles. The number of sulfonamides is 1. The zero-order valence-corrected chi connectivity index (χ0v) is 17.7. The number of aryl methyl sites for hydroxylation is 1. The van der Waals surface area contributed by atoms with E-state index in [0.717, 1.165) is 24.0 Å². The van der Waals surface area contributed by atoms with Crippen LogP contribution in [0.25, 0.3) is 0 Å². The summed E-state index contributed by atoms with van der Waals surface area (Å²) in [5, 5.41) is 0.460. The minimum Gasteiger partial charge on any atom is -0.487 e. The SMILES string of the molecule is Cc1cc(Br)ccc1S(=O)(=O)Nc1ccc(Cl)c(O[C@H]2CCN(C)C2)c1. The van der Waals surface area contributed by atoms with Crippen LogP contribution in [0.4, 0.5) is 5.69 Å². The molecular formula is C18H20BrClN2O3S. The zero-order chi connectivity index (χ0) is 18.9. The first-order valence-corrected chi connectivity index (χ1v) is 10.8. The average Bonchev–Trinajstić information content (AvgIpc) is 2.95. The third-order valence-corrected chi connectivity index (χ3v) is 6.60. The monoisotopic (exact) mass is 458 g/mol. The standard InChI is InChI=1S/C18H20BrClN2O3S/c1-12-9-13(19)3-6-18(12)26(23,24)21-14-4-5-16(20)17(10-14)25-15-7-8-22(2)11-15/h3-6,9-10,15,21H,7-8,11H2,1-2H3/t15-/m0/s1. The first-order chi connectivity index (χ1) is 12.2. The number of anilines is 1. The van der Waals surface area contributed by atoms with Crippen molar-refractivity contribution in [2.75, 3.05) is 24.9 Å². The van der Waals surface area contributed by atoms with E-state index in [1.165, 1.54) is 0 Å². The topological polar surface area (TPSA) is 58.6 Å². The van der Waals surface area contributed by atoms with Gasteiger partial charge in [-0.25, -0.2) is 8.42 Å². The van der Waals surface area contributed by atoms with E-state index in [2.05, 4.69) is 25.6 Å². The van der Waals surface area contributed by atoms with Crippen LogP contribution in [0.2, 0.25) is 5.02 Å². The first kappa shape index (κ1) is 19.5. The molecule has 5 nitrogen and oxygen atoms in total. The molecule has 0 saturated carbocycles. The van der Waals surface area contributed by atoms with Crippen LogP contribution in [0.15, 0.2) is 45.8 Å². The maximum absolute atomic E-state index is 12.7. The normalized spacial score (nSPS) is 18.1. The molecular weight excluding hydrogens is 440 g/mol. The predicted molar refractivity (Wildman–Crippen MR) is 108 cm³/mol. The fraction of sp³-hybridized carbons (Fsp3) is 0.333. The summed E-state index contributed by atoms with van der Waals surface area (Å²) < 4.78 is 34.8. The molecule has 0 bridgehead atoms. The number of hydrogen-bond donors (Lipinski definition) is 1. The number of likely N-dealkylation sites (tertiary alicyclic amines) is 1. The second-order valence-corrected chi connectivity index (χ2v) is 9.42. The number of nitrogens with zero attached hydrogens (tertiary/aromatic N) is 1. The van der Waals surface area contributed by atoms with E-state index in [0.29, 0.717) is 22.0 Å². The number of likely N-dealkylation sites (N-methyl/N-ethyl adjacent to an activating group) is 1. The highest BCUT2D eigenvalue weighted by molar-refractivity contribution is 9.10. The fourth-order valence-electron chi connectivity index (χ4n) is 2.95. The number of ether oxygens (including phenoxy) is 1. The molecule has 0 aromatic heterocycles. The van der Waals surface area contributed by atoms with Crippen molar-refractivity contribution < 1.29 is 13.2 Å². The first-order valence-electron chi connectivity index (χ1n) is 8.18. The van der Waals surface area contributed by atoms with Crippen molar-refractivity contribution in [1.29, 1.82) is 0 Å². The molecule has 1 fully saturated rings. The van der Waals surface area contributed by atoms with Gasteiger partial charge in [-0.2, -0.15) is 0 Å². The van der Waals surface area contributed by atoms with E-state index in [-0.39, 0.29) is 11.0 Å². The van der Waals surface area contributed by atoms with Crippen molar-refractivity contribution in [1.82, 2.24) is 4.90 Å². The van der Waals surface area contributed by atoms with Crippen molar-refractivity contribution in [2.45, 2.75) is 24.3 Å². The molecule has 1 heterocycles. The van der Waals surface area contributed by atoms with Crippen LogP contribution >= 0.6 is 27.5 Å². The third kappa shape index (κ3) is 4.52. The van der Waals surface area contributed by atoms with Gasteiger partial charge in [-0.3, -0.25) is 4.72 Å². The Morgan fingerprint density at radius 2 is 2.04 bits per heavy atom. The lowest BCUT2D eigenvalue weighted by molar-refractivity contribution is 0.208. The van der Waals surface area contributed by atoms with Crippen molar-refractivity contribution in [3.8, 4) is 5.75 Å². The molecule has 2 aromatic rings. The van der Waals surface area contributed by atoms with Gasteiger partial charge in [0.1, 0.15) is 11.9 Å². The van der Waals surface area contributed by atoms with Gasteiger partial charge in [-0.1, -0.05) is 27.5 Å². The quantitative estimate of drug-likeness (QED) is 0.724. The number of hydrogen-bond acceptors (Lipinski definition) is 4. The summed E-state index contributed by atoms with van der Waals surface area (Å²) in [5.74, 6) is 0.486. The molecule has 1 saturated heterocycles. The van der Waals surface area contributed by atoms with Gasteiger partial charge in [0, 0.05) is 23.6 Å². The Balaban J connectivity index is 1.82. The Morgan fingerprint density at radius 3 is 2.69 bits per heavy atom. The van der Waals surface area contributed by atoms with Gasteiger partial charge in [0.05, 0.1) is 15.6 Å². The highest BCUT2D eigenvalue weighted by Crippen LogP contribution is 2.31. The Kier molecular flexibility index (Phi) is 5.81. The average molecular weight is 460 g/mol. The molecule has 26 heavy (non-hydrogen) atoms. The smallest absolute Gasteiger partial charge is 0.262 e. The predicted octanol–water partition coefficient (Wildman–Crippen LogP) is 4.29. The van der Waals surface area contributed by atoms with Crippen molar-refractivity contribution in [3.63, 3.8) is 0 Å². The van der Waals surface area contributed by atoms with Crippen LogP contribution < -0.4 is 9.46 Å². The summed E-state index contributed by atoms with van der Waals surface area (Å²) in [6, 6.07) is 9.94. The molecule has 8 heteroatoms. The van der Waals surface area contributed by atoms with E-state index in [9.17, 15) is 8.42 Å². The lowest BCUT2D eigenvalue weighted by atomic mass is 10.2. The number of nitrogens with one attached hydrogen (secondary N) is 1. The maximum Gasteiger partial charge on any atom is 0.262 e. The van der Waals surface area contributed by atoms with E-state index in [1.54, 1.807) is 43.3 Å². The van der Waals surface area contributed by atoms with Gasteiger partial charge < -0.3 is 9.64 Å². The van der Waals surface area contributed by atoms with Crippen LogP contribution in [-0.2, 0) is 10.0 Å². The van der Waals surface area contributed by atoms with Gasteiger partial charge in [0.2, 0.25) is 0 Å². The van der Waals surface area contributed by atoms with Crippen molar-refractivity contribution >= 4 is 43.2 Å². The lowest BCUT2D eigenvalue weighted by Gasteiger charge is -2.16. The molecule has 1 atom stereocenters. The van der Waals surface area contributed by atoms with Gasteiger partial charge in [0.15, 0.2) is 0 Å². The molecule has 140 valence electrons. The lowest BCUT2D eigenvalue weighted by Crippen LogP contribution is -2.21. The van der Waals surface area contributed by atoms with Crippen LogP contribution in [0.5, 0.6) is 5.75 Å². The van der Waals surface area contributed by atoms with Crippen LogP contribution in [0.1, 0.15) is 12.0 Å². The number of rotatable bonds is 5. The summed E-state index contributed by atoms with van der Waals surface area (Å²) in [6.45, 7) is 3.55. The fourth-order valence-corrected chi connectivity index (χ4v) is 4.87. The highest BCUT2D eigenvalue weighted by atomic mass is 79.9. The molecule has 0 spiro atoms. The second-order valence-electron chi connectivity index (χ2n) is 6.45. The van der Waals surface area contributed by atoms with Crippen LogP contribution in [-0.4, -0.2) is 39.6 Å². The Bertz CT molecular complexity index is 921. The zero-order valence-electron chi connectivity index (χ0n) is 14.5. The third-order valence-electron chi connectivity index (χ3n) is 4.25. The molecule has 0 radical (unpaired) electrons. The highest BCUT2D eigenvalue weighted by Gasteiger charge is 2.23. The molecule has 0 aliphatic carbocycles. The van der Waals surface area contributed by atoms with Crippen molar-refractivity contribution in [3.05, 3.63) is 51.5 Å². The second kappa shape index (κ2) is 7.76. The largest absolute Gasteiger partial charge is 0.487 e. The number of benzene rings is 2. The molecule has 3 rings (SSSR count). The number of halogens is 2. The minimum absolute atomic E-state index is 0.0538. The Hall–Kier alpha value is -1.28. The maximum atomic E-state index is 12.7. The Morgan fingerprint density at radius 1 is 1.27 bits per heavy atom. The molecule has 1 aliphatic heterocycles. The summed E-state index contributed by atoms with van der Waals surface area (Å²) in [5.41, 5.74) is 1.07. The summed E-state index contributed by atoms with van der Waals surface area (Å²) >= 11 is 9.56. The van der Waals surface area contributed by atoms with E-state index in [4.69, 9.17) is 16.3 Å². The Labute approximate surface area is 167 Å². The summed E-state index contributed by atoms with van der Waals surface area (Å²) in [6.07, 6.45) is 0.971.